The number of tetrazole rings is 1. The van der Waals surface area contributed by atoms with E-state index in [1.54, 1.807) is 16.8 Å². The summed E-state index contributed by atoms with van der Waals surface area (Å²) >= 11 is 0. The molecule has 0 radical (unpaired) electrons. The van der Waals surface area contributed by atoms with E-state index in [2.05, 4.69) is 39.2 Å². The largest absolute Gasteiger partial charge is 0.465 e. The second kappa shape index (κ2) is 9.66. The maximum absolute atomic E-state index is 12.8. The van der Waals surface area contributed by atoms with Gasteiger partial charge in [-0.15, -0.1) is 5.10 Å². The van der Waals surface area contributed by atoms with E-state index < -0.39 is 0 Å². The SMILES string of the molecule is COC(=O)c1ccc(N2CCN(C(=O)Cn3nnnc3CN(C)C(C)C)CC2)cc1. The van der Waals surface area contributed by atoms with Gasteiger partial charge in [-0.2, -0.15) is 0 Å². The van der Waals surface area contributed by atoms with Gasteiger partial charge in [-0.1, -0.05) is 0 Å². The summed E-state index contributed by atoms with van der Waals surface area (Å²) in [6.45, 7) is 7.63. The van der Waals surface area contributed by atoms with Gasteiger partial charge in [0.25, 0.3) is 0 Å². The Bertz CT molecular complexity index is 858. The molecule has 1 aromatic heterocycles. The van der Waals surface area contributed by atoms with Gasteiger partial charge >= 0.3 is 5.97 Å². The number of rotatable bonds is 7. The van der Waals surface area contributed by atoms with Crippen LogP contribution in [-0.4, -0.2) is 88.3 Å². The smallest absolute Gasteiger partial charge is 0.337 e. The highest BCUT2D eigenvalue weighted by molar-refractivity contribution is 5.89. The quantitative estimate of drug-likeness (QED) is 0.608. The Morgan fingerprint density at radius 1 is 1.13 bits per heavy atom. The molecule has 1 aliphatic heterocycles. The first-order valence-electron chi connectivity index (χ1n) is 10.1. The van der Waals surface area contributed by atoms with Crippen molar-refractivity contribution in [3.63, 3.8) is 0 Å². The van der Waals surface area contributed by atoms with Crippen LogP contribution in [0.4, 0.5) is 5.69 Å². The summed E-state index contributed by atoms with van der Waals surface area (Å²) in [5, 5.41) is 11.8. The number of carbonyl (C=O) groups is 2. The predicted octanol–water partition coefficient (Wildman–Crippen LogP) is 0.649. The number of hydrogen-bond acceptors (Lipinski definition) is 8. The number of carbonyl (C=O) groups excluding carboxylic acids is 2. The summed E-state index contributed by atoms with van der Waals surface area (Å²) in [5.74, 6) is 0.346. The molecule has 3 rings (SSSR count). The molecule has 162 valence electrons. The van der Waals surface area contributed by atoms with Crippen molar-refractivity contribution < 1.29 is 14.3 Å². The van der Waals surface area contributed by atoms with E-state index in [0.717, 1.165) is 18.8 Å². The molecule has 1 amide bonds. The molecule has 0 saturated carbocycles. The molecule has 0 bridgehead atoms. The Balaban J connectivity index is 1.54. The van der Waals surface area contributed by atoms with Crippen LogP contribution < -0.4 is 4.90 Å². The lowest BCUT2D eigenvalue weighted by Crippen LogP contribution is -2.49. The van der Waals surface area contributed by atoms with Crippen LogP contribution >= 0.6 is 0 Å². The number of methoxy groups -OCH3 is 1. The van der Waals surface area contributed by atoms with Crippen molar-refractivity contribution >= 4 is 17.6 Å². The molecule has 1 aliphatic rings. The molecule has 1 saturated heterocycles. The van der Waals surface area contributed by atoms with E-state index in [-0.39, 0.29) is 18.4 Å². The second-order valence-corrected chi connectivity index (χ2v) is 7.67. The van der Waals surface area contributed by atoms with E-state index in [4.69, 9.17) is 4.74 Å². The van der Waals surface area contributed by atoms with E-state index in [9.17, 15) is 9.59 Å². The van der Waals surface area contributed by atoms with E-state index >= 15 is 0 Å². The maximum atomic E-state index is 12.8. The molecule has 1 aromatic carbocycles. The first kappa shape index (κ1) is 21.7. The Kier molecular flexibility index (Phi) is 6.99. The van der Waals surface area contributed by atoms with Gasteiger partial charge in [-0.25, -0.2) is 9.48 Å². The number of esters is 1. The molecule has 2 heterocycles. The van der Waals surface area contributed by atoms with Gasteiger partial charge in [0.15, 0.2) is 5.82 Å². The summed E-state index contributed by atoms with van der Waals surface area (Å²) in [4.78, 5) is 30.5. The minimum absolute atomic E-state index is 0.0106. The monoisotopic (exact) mass is 415 g/mol. The summed E-state index contributed by atoms with van der Waals surface area (Å²) in [6.07, 6.45) is 0. The highest BCUT2D eigenvalue weighted by Gasteiger charge is 2.23. The molecule has 0 atom stereocenters. The van der Waals surface area contributed by atoms with Gasteiger partial charge in [0.05, 0.1) is 19.2 Å². The predicted molar refractivity (Wildman–Crippen MR) is 111 cm³/mol. The zero-order chi connectivity index (χ0) is 21.7. The summed E-state index contributed by atoms with van der Waals surface area (Å²) in [5.41, 5.74) is 1.55. The lowest BCUT2D eigenvalue weighted by atomic mass is 10.2. The van der Waals surface area contributed by atoms with Gasteiger partial charge in [-0.3, -0.25) is 9.69 Å². The van der Waals surface area contributed by atoms with Gasteiger partial charge in [0.1, 0.15) is 6.54 Å². The standard InChI is InChI=1S/C20H29N7O3/c1-15(2)24(3)13-18-21-22-23-27(18)14-19(28)26-11-9-25(10-12-26)17-7-5-16(6-8-17)20(29)30-4/h5-8,15H,9-14H2,1-4H3. The molecule has 10 heteroatoms. The van der Waals surface area contributed by atoms with E-state index in [0.29, 0.717) is 37.1 Å². The number of piperazine rings is 1. The van der Waals surface area contributed by atoms with Crippen molar-refractivity contribution in [3.05, 3.63) is 35.7 Å². The number of amides is 1. The summed E-state index contributed by atoms with van der Waals surface area (Å²) < 4.78 is 6.31. The minimum atomic E-state index is -0.349. The highest BCUT2D eigenvalue weighted by atomic mass is 16.5. The third kappa shape index (κ3) is 5.12. The van der Waals surface area contributed by atoms with Crippen LogP contribution in [0, 0.1) is 0 Å². The topological polar surface area (TPSA) is 96.7 Å². The fourth-order valence-corrected chi connectivity index (χ4v) is 3.23. The van der Waals surface area contributed by atoms with Gasteiger partial charge in [0.2, 0.25) is 5.91 Å². The molecule has 30 heavy (non-hydrogen) atoms. The third-order valence-electron chi connectivity index (χ3n) is 5.45. The van der Waals surface area contributed by atoms with Gasteiger partial charge in [-0.05, 0) is 55.6 Å². The lowest BCUT2D eigenvalue weighted by molar-refractivity contribution is -0.132. The maximum Gasteiger partial charge on any atom is 0.337 e. The number of aromatic nitrogens is 4. The van der Waals surface area contributed by atoms with Crippen LogP contribution in [0.3, 0.4) is 0 Å². The van der Waals surface area contributed by atoms with E-state index in [1.807, 2.05) is 24.1 Å². The Labute approximate surface area is 176 Å². The fraction of sp³-hybridized carbons (Fsp3) is 0.550. The van der Waals surface area contributed by atoms with Crippen molar-refractivity contribution in [2.75, 3.05) is 45.2 Å². The minimum Gasteiger partial charge on any atom is -0.465 e. The van der Waals surface area contributed by atoms with Crippen LogP contribution in [0.1, 0.15) is 30.0 Å². The molecule has 0 aliphatic carbocycles. The van der Waals surface area contributed by atoms with E-state index in [1.165, 1.54) is 7.11 Å². The zero-order valence-corrected chi connectivity index (χ0v) is 18.0. The normalized spacial score (nSPS) is 14.5. The average molecular weight is 415 g/mol. The molecule has 1 fully saturated rings. The summed E-state index contributed by atoms with van der Waals surface area (Å²) in [7, 11) is 3.37. The fourth-order valence-electron chi connectivity index (χ4n) is 3.23. The van der Waals surface area contributed by atoms with Gasteiger partial charge < -0.3 is 14.5 Å². The average Bonchev–Trinajstić information content (AvgIpc) is 3.19. The zero-order valence-electron chi connectivity index (χ0n) is 18.0. The molecule has 0 N–H and O–H groups in total. The van der Waals surface area contributed by atoms with Crippen LogP contribution in [0.2, 0.25) is 0 Å². The molecule has 10 nitrogen and oxygen atoms in total. The Morgan fingerprint density at radius 3 is 2.40 bits per heavy atom. The second-order valence-electron chi connectivity index (χ2n) is 7.67. The Morgan fingerprint density at radius 2 is 1.80 bits per heavy atom. The van der Waals surface area contributed by atoms with Crippen LogP contribution in [0.5, 0.6) is 0 Å². The van der Waals surface area contributed by atoms with Crippen molar-refractivity contribution in [1.29, 1.82) is 0 Å². The number of hydrogen-bond donors (Lipinski definition) is 0. The molecule has 0 spiro atoms. The molecular weight excluding hydrogens is 386 g/mol. The van der Waals surface area contributed by atoms with Crippen LogP contribution in [-0.2, 0) is 22.6 Å². The number of benzene rings is 1. The first-order valence-corrected chi connectivity index (χ1v) is 10.1. The molecule has 2 aromatic rings. The number of anilines is 1. The highest BCUT2D eigenvalue weighted by Crippen LogP contribution is 2.18. The third-order valence-corrected chi connectivity index (χ3v) is 5.45. The van der Waals surface area contributed by atoms with Gasteiger partial charge in [0, 0.05) is 37.9 Å². The molecular formula is C20H29N7O3. The van der Waals surface area contributed by atoms with Crippen LogP contribution in [0.15, 0.2) is 24.3 Å². The number of nitrogens with zero attached hydrogens (tertiary/aromatic N) is 7. The van der Waals surface area contributed by atoms with Crippen molar-refractivity contribution in [2.24, 2.45) is 0 Å². The molecule has 0 unspecified atom stereocenters. The lowest BCUT2D eigenvalue weighted by Gasteiger charge is -2.36. The first-order chi connectivity index (χ1) is 14.4. The van der Waals surface area contributed by atoms with Crippen molar-refractivity contribution in [1.82, 2.24) is 30.0 Å². The van der Waals surface area contributed by atoms with Crippen LogP contribution in [0.25, 0.3) is 0 Å². The Hall–Kier alpha value is -3.01. The van der Waals surface area contributed by atoms with Crippen molar-refractivity contribution in [2.45, 2.75) is 33.0 Å². The van der Waals surface area contributed by atoms with Crippen molar-refractivity contribution in [3.8, 4) is 0 Å². The summed E-state index contributed by atoms with van der Waals surface area (Å²) in [6, 6.07) is 7.68. The number of ether oxygens (including phenoxy) is 1.